The van der Waals surface area contributed by atoms with Crippen molar-refractivity contribution in [2.24, 2.45) is 0 Å². The van der Waals surface area contributed by atoms with Crippen molar-refractivity contribution < 1.29 is 9.53 Å². The molecule has 1 amide bonds. The molecular formula is C13H14ClN5O2. The van der Waals surface area contributed by atoms with Crippen LogP contribution in [0.3, 0.4) is 0 Å². The molecule has 110 valence electrons. The summed E-state index contributed by atoms with van der Waals surface area (Å²) in [5, 5.41) is 9.14. The zero-order valence-corrected chi connectivity index (χ0v) is 12.1. The molecule has 0 unspecified atom stereocenters. The van der Waals surface area contributed by atoms with Gasteiger partial charge in [0.2, 0.25) is 0 Å². The fraction of sp³-hybridized carbons (Fsp3) is 0.308. The second kappa shape index (κ2) is 5.25. The molecule has 0 radical (unpaired) electrons. The van der Waals surface area contributed by atoms with Crippen molar-refractivity contribution >= 4 is 23.4 Å². The van der Waals surface area contributed by atoms with Crippen LogP contribution in [0.5, 0.6) is 0 Å². The standard InChI is InChI=1S/C13H14ClN5O2/c1-21-13(20)18-6-8(7-18)12-5-16-19(17-12)9-2-3-10(14)11(15)4-9/h2-5,8H,6-7,15H2,1H3. The van der Waals surface area contributed by atoms with Gasteiger partial charge in [0.25, 0.3) is 0 Å². The lowest BCUT2D eigenvalue weighted by Crippen LogP contribution is -2.48. The molecule has 1 fully saturated rings. The van der Waals surface area contributed by atoms with E-state index in [0.29, 0.717) is 23.8 Å². The number of carbonyl (C=O) groups excluding carboxylic acids is 1. The topological polar surface area (TPSA) is 86.3 Å². The van der Waals surface area contributed by atoms with Crippen LogP contribution in [0, 0.1) is 0 Å². The number of nitrogens with two attached hydrogens (primary N) is 1. The number of halogens is 1. The first-order chi connectivity index (χ1) is 10.1. The number of nitrogen functional groups attached to an aromatic ring is 1. The largest absolute Gasteiger partial charge is 0.453 e. The molecule has 0 spiro atoms. The summed E-state index contributed by atoms with van der Waals surface area (Å²) in [6.07, 6.45) is 1.38. The van der Waals surface area contributed by atoms with Crippen LogP contribution in [0.1, 0.15) is 11.6 Å². The Hall–Kier alpha value is -2.28. The smallest absolute Gasteiger partial charge is 0.409 e. The average molecular weight is 308 g/mol. The van der Waals surface area contributed by atoms with Crippen LogP contribution in [0.25, 0.3) is 5.69 Å². The minimum absolute atomic E-state index is 0.183. The molecule has 1 aromatic heterocycles. The Morgan fingerprint density at radius 3 is 2.90 bits per heavy atom. The molecule has 1 saturated heterocycles. The number of hydrogen-bond donors (Lipinski definition) is 1. The fourth-order valence-electron chi connectivity index (χ4n) is 2.19. The third-order valence-electron chi connectivity index (χ3n) is 3.45. The molecule has 2 heterocycles. The third kappa shape index (κ3) is 2.52. The van der Waals surface area contributed by atoms with E-state index >= 15 is 0 Å². The molecule has 0 bridgehead atoms. The van der Waals surface area contributed by atoms with Gasteiger partial charge < -0.3 is 15.4 Å². The molecule has 3 rings (SSSR count). The van der Waals surface area contributed by atoms with Crippen molar-refractivity contribution in [3.63, 3.8) is 0 Å². The quantitative estimate of drug-likeness (QED) is 0.853. The molecule has 21 heavy (non-hydrogen) atoms. The SMILES string of the molecule is COC(=O)N1CC(c2cnn(-c3ccc(Cl)c(N)c3)n2)C1. The van der Waals surface area contributed by atoms with E-state index in [0.717, 1.165) is 11.4 Å². The molecule has 1 aromatic carbocycles. The molecule has 0 aliphatic carbocycles. The highest BCUT2D eigenvalue weighted by Gasteiger charge is 2.34. The number of anilines is 1. The van der Waals surface area contributed by atoms with E-state index in [4.69, 9.17) is 17.3 Å². The number of carbonyl (C=O) groups is 1. The number of nitrogens with zero attached hydrogens (tertiary/aromatic N) is 4. The second-order valence-electron chi connectivity index (χ2n) is 4.84. The van der Waals surface area contributed by atoms with Crippen LogP contribution in [-0.2, 0) is 4.74 Å². The van der Waals surface area contributed by atoms with Gasteiger partial charge in [-0.1, -0.05) is 11.6 Å². The molecule has 7 nitrogen and oxygen atoms in total. The van der Waals surface area contributed by atoms with Gasteiger partial charge in [0.1, 0.15) is 0 Å². The highest BCUT2D eigenvalue weighted by molar-refractivity contribution is 6.33. The number of likely N-dealkylation sites (tertiary alicyclic amines) is 1. The van der Waals surface area contributed by atoms with Gasteiger partial charge in [0.05, 0.1) is 35.4 Å². The minimum Gasteiger partial charge on any atom is -0.453 e. The number of methoxy groups -OCH3 is 1. The summed E-state index contributed by atoms with van der Waals surface area (Å²) in [6, 6.07) is 5.22. The Kier molecular flexibility index (Phi) is 3.42. The lowest BCUT2D eigenvalue weighted by molar-refractivity contribution is 0.0872. The normalized spacial score (nSPS) is 14.9. The zero-order chi connectivity index (χ0) is 15.0. The van der Waals surface area contributed by atoms with Crippen LogP contribution in [0.15, 0.2) is 24.4 Å². The maximum Gasteiger partial charge on any atom is 0.409 e. The molecule has 0 atom stereocenters. The zero-order valence-electron chi connectivity index (χ0n) is 11.4. The van der Waals surface area contributed by atoms with Crippen LogP contribution < -0.4 is 5.73 Å². The average Bonchev–Trinajstić information content (AvgIpc) is 2.89. The van der Waals surface area contributed by atoms with E-state index in [2.05, 4.69) is 14.9 Å². The van der Waals surface area contributed by atoms with Crippen molar-refractivity contribution in [1.82, 2.24) is 19.9 Å². The maximum atomic E-state index is 11.3. The van der Waals surface area contributed by atoms with Gasteiger partial charge in [-0.2, -0.15) is 15.0 Å². The highest BCUT2D eigenvalue weighted by atomic mass is 35.5. The molecule has 1 aliphatic heterocycles. The van der Waals surface area contributed by atoms with Crippen molar-refractivity contribution in [2.45, 2.75) is 5.92 Å². The number of amides is 1. The van der Waals surface area contributed by atoms with Crippen molar-refractivity contribution in [2.75, 3.05) is 25.9 Å². The van der Waals surface area contributed by atoms with E-state index in [-0.39, 0.29) is 12.0 Å². The molecular weight excluding hydrogens is 294 g/mol. The van der Waals surface area contributed by atoms with E-state index in [1.165, 1.54) is 11.9 Å². The number of aromatic nitrogens is 3. The predicted octanol–water partition coefficient (Wildman–Crippen LogP) is 1.67. The molecule has 1 aliphatic rings. The summed E-state index contributed by atoms with van der Waals surface area (Å²) in [5.41, 5.74) is 7.83. The summed E-state index contributed by atoms with van der Waals surface area (Å²) in [6.45, 7) is 1.18. The van der Waals surface area contributed by atoms with Crippen LogP contribution in [-0.4, -0.2) is 46.2 Å². The highest BCUT2D eigenvalue weighted by Crippen LogP contribution is 2.26. The Morgan fingerprint density at radius 1 is 1.48 bits per heavy atom. The summed E-state index contributed by atoms with van der Waals surface area (Å²) >= 11 is 5.89. The minimum atomic E-state index is -0.316. The summed E-state index contributed by atoms with van der Waals surface area (Å²) in [5.74, 6) is 0.183. The summed E-state index contributed by atoms with van der Waals surface area (Å²) in [4.78, 5) is 14.4. The number of ether oxygens (including phenoxy) is 1. The van der Waals surface area contributed by atoms with E-state index in [1.54, 1.807) is 29.3 Å². The van der Waals surface area contributed by atoms with Gasteiger partial charge in [0.15, 0.2) is 0 Å². The molecule has 8 heteroatoms. The first kappa shape index (κ1) is 13.7. The van der Waals surface area contributed by atoms with Gasteiger partial charge in [-0.3, -0.25) is 0 Å². The van der Waals surface area contributed by atoms with Gasteiger partial charge in [-0.25, -0.2) is 4.79 Å². The van der Waals surface area contributed by atoms with Crippen LogP contribution in [0.2, 0.25) is 5.02 Å². The van der Waals surface area contributed by atoms with Crippen molar-refractivity contribution in [3.05, 3.63) is 35.1 Å². The van der Waals surface area contributed by atoms with Crippen LogP contribution in [0.4, 0.5) is 10.5 Å². The lowest BCUT2D eigenvalue weighted by atomic mass is 9.98. The summed E-state index contributed by atoms with van der Waals surface area (Å²) < 4.78 is 4.66. The maximum absolute atomic E-state index is 11.3. The van der Waals surface area contributed by atoms with E-state index < -0.39 is 0 Å². The Labute approximate surface area is 126 Å². The van der Waals surface area contributed by atoms with E-state index in [9.17, 15) is 4.79 Å². The third-order valence-corrected chi connectivity index (χ3v) is 3.80. The Bertz CT molecular complexity index is 681. The number of benzene rings is 1. The van der Waals surface area contributed by atoms with Gasteiger partial charge in [0, 0.05) is 19.0 Å². The fourth-order valence-corrected chi connectivity index (χ4v) is 2.30. The van der Waals surface area contributed by atoms with Crippen molar-refractivity contribution in [1.29, 1.82) is 0 Å². The monoisotopic (exact) mass is 307 g/mol. The molecule has 0 saturated carbocycles. The van der Waals surface area contributed by atoms with Crippen LogP contribution >= 0.6 is 11.6 Å². The molecule has 2 aromatic rings. The summed E-state index contributed by atoms with van der Waals surface area (Å²) in [7, 11) is 1.37. The first-order valence-corrected chi connectivity index (χ1v) is 6.77. The number of rotatable bonds is 2. The first-order valence-electron chi connectivity index (χ1n) is 6.39. The van der Waals surface area contributed by atoms with E-state index in [1.807, 2.05) is 0 Å². The van der Waals surface area contributed by atoms with Gasteiger partial charge in [-0.15, -0.1) is 0 Å². The Balaban J connectivity index is 1.73. The lowest BCUT2D eigenvalue weighted by Gasteiger charge is -2.36. The second-order valence-corrected chi connectivity index (χ2v) is 5.24. The molecule has 2 N–H and O–H groups in total. The predicted molar refractivity (Wildman–Crippen MR) is 77.5 cm³/mol. The van der Waals surface area contributed by atoms with Crippen molar-refractivity contribution in [3.8, 4) is 5.69 Å². The van der Waals surface area contributed by atoms with Gasteiger partial charge >= 0.3 is 6.09 Å². The number of hydrogen-bond acceptors (Lipinski definition) is 5. The Morgan fingerprint density at radius 2 is 2.24 bits per heavy atom. The van der Waals surface area contributed by atoms with Gasteiger partial charge in [-0.05, 0) is 18.2 Å².